The molecule has 98 valence electrons. The monoisotopic (exact) mass is 298 g/mol. The van der Waals surface area contributed by atoms with Crippen LogP contribution in [0.1, 0.15) is 10.4 Å². The van der Waals surface area contributed by atoms with Gasteiger partial charge in [0, 0.05) is 0 Å². The topological polar surface area (TPSA) is 55.1 Å². The summed E-state index contributed by atoms with van der Waals surface area (Å²) in [7, 11) is 0. The van der Waals surface area contributed by atoms with Crippen LogP contribution in [0.4, 0.5) is 15.8 Å². The molecule has 0 radical (unpaired) electrons. The number of para-hydroxylation sites is 1. The summed E-state index contributed by atoms with van der Waals surface area (Å²) in [6.45, 7) is 0. The third-order valence-electron chi connectivity index (χ3n) is 2.47. The maximum absolute atomic E-state index is 13.6. The van der Waals surface area contributed by atoms with E-state index >= 15 is 0 Å². The summed E-state index contributed by atoms with van der Waals surface area (Å²) in [6.07, 6.45) is 0. The molecule has 0 aromatic heterocycles. The summed E-state index contributed by atoms with van der Waals surface area (Å²) in [5.74, 6) is -1.25. The van der Waals surface area contributed by atoms with Crippen LogP contribution in [0.3, 0.4) is 0 Å². The highest BCUT2D eigenvalue weighted by Gasteiger charge is 2.17. The summed E-state index contributed by atoms with van der Waals surface area (Å²) >= 11 is 11.8. The van der Waals surface area contributed by atoms with E-state index in [0.717, 1.165) is 0 Å². The molecular formula is C13H9Cl2FN2O. The van der Waals surface area contributed by atoms with Crippen molar-refractivity contribution >= 4 is 40.5 Å². The zero-order valence-corrected chi connectivity index (χ0v) is 11.1. The van der Waals surface area contributed by atoms with Gasteiger partial charge in [0.25, 0.3) is 5.91 Å². The standard InChI is InChI=1S/C13H9Cl2FN2O/c14-7-3-1-4-8(15)11(7)13(19)18-12-9(16)5-2-6-10(12)17/h1-6H,17H2,(H,18,19). The second kappa shape index (κ2) is 5.47. The Hall–Kier alpha value is -1.78. The zero-order chi connectivity index (χ0) is 14.0. The molecule has 2 rings (SSSR count). The summed E-state index contributed by atoms with van der Waals surface area (Å²) in [5.41, 5.74) is 5.71. The number of nitrogens with two attached hydrogens (primary N) is 1. The SMILES string of the molecule is Nc1cccc(F)c1NC(=O)c1c(Cl)cccc1Cl. The van der Waals surface area contributed by atoms with Gasteiger partial charge in [-0.3, -0.25) is 4.79 Å². The minimum Gasteiger partial charge on any atom is -0.397 e. The number of halogens is 3. The third-order valence-corrected chi connectivity index (χ3v) is 3.10. The van der Waals surface area contributed by atoms with Crippen LogP contribution in [0.5, 0.6) is 0 Å². The van der Waals surface area contributed by atoms with Gasteiger partial charge in [-0.25, -0.2) is 4.39 Å². The number of rotatable bonds is 2. The molecule has 0 bridgehead atoms. The number of anilines is 2. The van der Waals surface area contributed by atoms with E-state index in [1.807, 2.05) is 0 Å². The van der Waals surface area contributed by atoms with Crippen molar-refractivity contribution in [3.05, 3.63) is 57.8 Å². The van der Waals surface area contributed by atoms with Crippen molar-refractivity contribution in [1.82, 2.24) is 0 Å². The van der Waals surface area contributed by atoms with Crippen molar-refractivity contribution in [2.75, 3.05) is 11.1 Å². The van der Waals surface area contributed by atoms with Crippen LogP contribution < -0.4 is 11.1 Å². The Morgan fingerprint density at radius 2 is 1.68 bits per heavy atom. The first-order valence-electron chi connectivity index (χ1n) is 5.30. The quantitative estimate of drug-likeness (QED) is 0.824. The number of hydrogen-bond donors (Lipinski definition) is 2. The largest absolute Gasteiger partial charge is 0.397 e. The normalized spacial score (nSPS) is 10.3. The van der Waals surface area contributed by atoms with E-state index in [2.05, 4.69) is 5.32 Å². The van der Waals surface area contributed by atoms with Crippen LogP contribution >= 0.6 is 23.2 Å². The molecule has 0 saturated heterocycles. The predicted octanol–water partition coefficient (Wildman–Crippen LogP) is 3.97. The first-order valence-corrected chi connectivity index (χ1v) is 6.05. The van der Waals surface area contributed by atoms with Crippen molar-refractivity contribution in [2.24, 2.45) is 0 Å². The Balaban J connectivity index is 2.37. The third kappa shape index (κ3) is 2.80. The lowest BCUT2D eigenvalue weighted by Crippen LogP contribution is -2.15. The van der Waals surface area contributed by atoms with Crippen LogP contribution in [0.2, 0.25) is 10.0 Å². The minimum atomic E-state index is -0.628. The number of hydrogen-bond acceptors (Lipinski definition) is 2. The van der Waals surface area contributed by atoms with Gasteiger partial charge in [-0.15, -0.1) is 0 Å². The molecule has 0 aliphatic carbocycles. The van der Waals surface area contributed by atoms with Crippen LogP contribution in [0, 0.1) is 5.82 Å². The van der Waals surface area contributed by atoms with Crippen molar-refractivity contribution in [1.29, 1.82) is 0 Å². The Morgan fingerprint density at radius 1 is 1.11 bits per heavy atom. The van der Waals surface area contributed by atoms with Gasteiger partial charge in [-0.2, -0.15) is 0 Å². The molecule has 0 atom stereocenters. The lowest BCUT2D eigenvalue weighted by atomic mass is 10.2. The molecule has 6 heteroatoms. The lowest BCUT2D eigenvalue weighted by Gasteiger charge is -2.11. The summed E-state index contributed by atoms with van der Waals surface area (Å²) < 4.78 is 13.6. The van der Waals surface area contributed by atoms with Crippen LogP contribution in [0.25, 0.3) is 0 Å². The molecule has 0 aliphatic rings. The summed E-state index contributed by atoms with van der Waals surface area (Å²) in [4.78, 5) is 12.1. The van der Waals surface area contributed by atoms with Gasteiger partial charge in [-0.1, -0.05) is 35.3 Å². The molecule has 0 saturated carbocycles. The molecule has 0 unspecified atom stereocenters. The van der Waals surface area contributed by atoms with Crippen LogP contribution in [-0.4, -0.2) is 5.91 Å². The maximum Gasteiger partial charge on any atom is 0.258 e. The molecule has 3 N–H and O–H groups in total. The average molecular weight is 299 g/mol. The van der Waals surface area contributed by atoms with E-state index in [4.69, 9.17) is 28.9 Å². The Kier molecular flexibility index (Phi) is 3.93. The average Bonchev–Trinajstić information content (AvgIpc) is 2.34. The van der Waals surface area contributed by atoms with Crippen LogP contribution in [-0.2, 0) is 0 Å². The molecule has 0 spiro atoms. The molecule has 2 aromatic rings. The first-order chi connectivity index (χ1) is 9.00. The number of amides is 1. The fraction of sp³-hybridized carbons (Fsp3) is 0. The number of carbonyl (C=O) groups is 1. The molecular weight excluding hydrogens is 290 g/mol. The highest BCUT2D eigenvalue weighted by molar-refractivity contribution is 6.40. The number of benzene rings is 2. The van der Waals surface area contributed by atoms with Gasteiger partial charge in [0.2, 0.25) is 0 Å². The molecule has 1 amide bonds. The predicted molar refractivity (Wildman–Crippen MR) is 75.2 cm³/mol. The molecule has 19 heavy (non-hydrogen) atoms. The van der Waals surface area contributed by atoms with Crippen molar-refractivity contribution in [3.63, 3.8) is 0 Å². The molecule has 0 heterocycles. The summed E-state index contributed by atoms with van der Waals surface area (Å²) in [6, 6.07) is 8.77. The maximum atomic E-state index is 13.6. The smallest absolute Gasteiger partial charge is 0.258 e. The minimum absolute atomic E-state index is 0.0773. The number of carbonyl (C=O) groups excluding carboxylic acids is 1. The highest BCUT2D eigenvalue weighted by atomic mass is 35.5. The van der Waals surface area contributed by atoms with E-state index in [-0.39, 0.29) is 27.0 Å². The Labute approximate surface area is 119 Å². The van der Waals surface area contributed by atoms with Gasteiger partial charge < -0.3 is 11.1 Å². The van der Waals surface area contributed by atoms with E-state index in [9.17, 15) is 9.18 Å². The Bertz CT molecular complexity index is 606. The van der Waals surface area contributed by atoms with Gasteiger partial charge in [0.05, 0.1) is 21.3 Å². The van der Waals surface area contributed by atoms with Crippen LogP contribution in [0.15, 0.2) is 36.4 Å². The molecule has 0 fully saturated rings. The van der Waals surface area contributed by atoms with Crippen molar-refractivity contribution in [3.8, 4) is 0 Å². The highest BCUT2D eigenvalue weighted by Crippen LogP contribution is 2.27. The van der Waals surface area contributed by atoms with Gasteiger partial charge in [-0.05, 0) is 24.3 Å². The zero-order valence-electron chi connectivity index (χ0n) is 9.58. The van der Waals surface area contributed by atoms with E-state index in [1.54, 1.807) is 6.07 Å². The number of nitrogen functional groups attached to an aromatic ring is 1. The second-order valence-corrected chi connectivity index (χ2v) is 4.57. The van der Waals surface area contributed by atoms with Gasteiger partial charge in [0.15, 0.2) is 0 Å². The fourth-order valence-corrected chi connectivity index (χ4v) is 2.13. The summed E-state index contributed by atoms with van der Waals surface area (Å²) in [5, 5.41) is 2.73. The number of nitrogens with one attached hydrogen (secondary N) is 1. The van der Waals surface area contributed by atoms with E-state index in [0.29, 0.717) is 0 Å². The van der Waals surface area contributed by atoms with Crippen molar-refractivity contribution in [2.45, 2.75) is 0 Å². The molecule has 3 nitrogen and oxygen atoms in total. The molecule has 0 aliphatic heterocycles. The van der Waals surface area contributed by atoms with E-state index < -0.39 is 11.7 Å². The Morgan fingerprint density at radius 3 is 2.26 bits per heavy atom. The van der Waals surface area contributed by atoms with Crippen molar-refractivity contribution < 1.29 is 9.18 Å². The molecule has 2 aromatic carbocycles. The van der Waals surface area contributed by atoms with Gasteiger partial charge in [0.1, 0.15) is 11.5 Å². The van der Waals surface area contributed by atoms with E-state index in [1.165, 1.54) is 30.3 Å². The lowest BCUT2D eigenvalue weighted by molar-refractivity contribution is 0.102. The fourth-order valence-electron chi connectivity index (χ4n) is 1.56. The first kappa shape index (κ1) is 13.6. The van der Waals surface area contributed by atoms with Gasteiger partial charge >= 0.3 is 0 Å². The second-order valence-electron chi connectivity index (χ2n) is 3.75.